The predicted molar refractivity (Wildman–Crippen MR) is 139 cm³/mol. The van der Waals surface area contributed by atoms with Gasteiger partial charge in [-0.25, -0.2) is 4.90 Å². The first kappa shape index (κ1) is 23.8. The highest BCUT2D eigenvalue weighted by molar-refractivity contribution is 6.31. The number of phenols is 2. The van der Waals surface area contributed by atoms with Gasteiger partial charge in [-0.15, -0.1) is 0 Å². The molecule has 3 amide bonds. The molecule has 4 atom stereocenters. The number of hydrogen-bond donors (Lipinski definition) is 4. The molecule has 3 aromatic carbocycles. The van der Waals surface area contributed by atoms with Gasteiger partial charge in [0.05, 0.1) is 17.5 Å². The number of anilines is 2. The summed E-state index contributed by atoms with van der Waals surface area (Å²) in [5.74, 6) is -3.03. The highest BCUT2D eigenvalue weighted by Gasteiger charge is 2.70. The van der Waals surface area contributed by atoms with Gasteiger partial charge in [-0.1, -0.05) is 17.7 Å². The van der Waals surface area contributed by atoms with E-state index in [4.69, 9.17) is 21.1 Å². The zero-order chi connectivity index (χ0) is 27.1. The van der Waals surface area contributed by atoms with E-state index in [0.717, 1.165) is 4.90 Å². The van der Waals surface area contributed by atoms with E-state index < -0.39 is 41.1 Å². The maximum atomic E-state index is 14.2. The number of hydrogen-bond acceptors (Lipinski definition) is 8. The standard InChI is InChI=1S/C28H22ClN3O7/c29-14-2-4-17-16(11-14)28(27(37)30-17)24-23(18(31-28)9-13-1-5-19(33)20(34)10-13)25(35)32(26(24)36)15-3-6-21-22(12-15)39-8-7-38-21/h1-6,10-12,18,23-24,31,33-34H,7-9H2,(H,30,37)/t18?,23-,24+,28?/m1/s1. The van der Waals surface area contributed by atoms with Crippen LogP contribution in [0.2, 0.25) is 5.02 Å². The van der Waals surface area contributed by atoms with Crippen molar-refractivity contribution in [1.29, 1.82) is 0 Å². The van der Waals surface area contributed by atoms with Gasteiger partial charge >= 0.3 is 0 Å². The van der Waals surface area contributed by atoms with Crippen molar-refractivity contribution in [3.63, 3.8) is 0 Å². The Kier molecular flexibility index (Phi) is 5.10. The van der Waals surface area contributed by atoms with Gasteiger partial charge in [-0.05, 0) is 54.4 Å². The van der Waals surface area contributed by atoms with Crippen LogP contribution in [0.25, 0.3) is 0 Å². The van der Waals surface area contributed by atoms with Crippen molar-refractivity contribution < 1.29 is 34.1 Å². The first-order chi connectivity index (χ1) is 18.8. The Balaban J connectivity index is 1.35. The summed E-state index contributed by atoms with van der Waals surface area (Å²) in [4.78, 5) is 43.0. The lowest BCUT2D eigenvalue weighted by Crippen LogP contribution is -2.53. The fourth-order valence-corrected chi connectivity index (χ4v) is 6.50. The van der Waals surface area contributed by atoms with E-state index in [2.05, 4.69) is 10.6 Å². The van der Waals surface area contributed by atoms with Crippen LogP contribution < -0.4 is 25.0 Å². The Bertz CT molecular complexity index is 1590. The van der Waals surface area contributed by atoms with Crippen molar-refractivity contribution in [3.05, 3.63) is 70.7 Å². The Morgan fingerprint density at radius 1 is 0.923 bits per heavy atom. The molecular weight excluding hydrogens is 526 g/mol. The minimum Gasteiger partial charge on any atom is -0.504 e. The van der Waals surface area contributed by atoms with Crippen molar-refractivity contribution in [2.24, 2.45) is 11.8 Å². The van der Waals surface area contributed by atoms with Crippen molar-refractivity contribution in [1.82, 2.24) is 5.32 Å². The van der Waals surface area contributed by atoms with Crippen LogP contribution in [0.5, 0.6) is 23.0 Å². The van der Waals surface area contributed by atoms with Crippen LogP contribution in [0.3, 0.4) is 0 Å². The lowest BCUT2D eigenvalue weighted by Gasteiger charge is -2.30. The van der Waals surface area contributed by atoms with Crippen LogP contribution in [-0.2, 0) is 26.3 Å². The number of amides is 3. The first-order valence-corrected chi connectivity index (χ1v) is 12.8. The van der Waals surface area contributed by atoms with E-state index in [1.165, 1.54) is 12.1 Å². The summed E-state index contributed by atoms with van der Waals surface area (Å²) in [6.45, 7) is 0.744. The number of carbonyl (C=O) groups is 3. The van der Waals surface area contributed by atoms with Gasteiger partial charge in [0.15, 0.2) is 23.0 Å². The van der Waals surface area contributed by atoms with Crippen LogP contribution in [0.4, 0.5) is 11.4 Å². The molecule has 7 rings (SSSR count). The van der Waals surface area contributed by atoms with Crippen molar-refractivity contribution in [3.8, 4) is 23.0 Å². The Morgan fingerprint density at radius 2 is 1.72 bits per heavy atom. The number of ether oxygens (including phenoxy) is 2. The van der Waals surface area contributed by atoms with Gasteiger partial charge in [-0.2, -0.15) is 0 Å². The molecule has 4 aliphatic heterocycles. The molecule has 39 heavy (non-hydrogen) atoms. The van der Waals surface area contributed by atoms with E-state index in [9.17, 15) is 24.6 Å². The zero-order valence-electron chi connectivity index (χ0n) is 20.3. The number of imide groups is 1. The number of halogens is 1. The molecule has 4 heterocycles. The lowest BCUT2D eigenvalue weighted by atomic mass is 9.76. The molecule has 0 radical (unpaired) electrons. The maximum absolute atomic E-state index is 14.2. The van der Waals surface area contributed by atoms with Gasteiger partial charge in [0.2, 0.25) is 17.7 Å². The van der Waals surface area contributed by atoms with E-state index >= 15 is 0 Å². The number of nitrogens with one attached hydrogen (secondary N) is 2. The van der Waals surface area contributed by atoms with Gasteiger partial charge < -0.3 is 25.0 Å². The lowest BCUT2D eigenvalue weighted by molar-refractivity contribution is -0.130. The number of phenolic OH excluding ortho intramolecular Hbond substituents is 2. The van der Waals surface area contributed by atoms with E-state index in [-0.39, 0.29) is 17.9 Å². The molecule has 0 aliphatic carbocycles. The molecule has 10 nitrogen and oxygen atoms in total. The van der Waals surface area contributed by atoms with Crippen molar-refractivity contribution in [2.45, 2.75) is 18.0 Å². The second kappa shape index (κ2) is 8.36. The number of nitrogens with zero attached hydrogens (tertiary/aromatic N) is 1. The number of fused-ring (bicyclic) bond motifs is 5. The van der Waals surface area contributed by atoms with Gasteiger partial charge in [0.1, 0.15) is 18.8 Å². The smallest absolute Gasteiger partial charge is 0.250 e. The van der Waals surface area contributed by atoms with Crippen LogP contribution in [0, 0.1) is 11.8 Å². The van der Waals surface area contributed by atoms with Crippen molar-refractivity contribution >= 4 is 40.7 Å². The monoisotopic (exact) mass is 547 g/mol. The quantitative estimate of drug-likeness (QED) is 0.290. The molecule has 3 aromatic rings. The molecule has 0 aromatic heterocycles. The average molecular weight is 548 g/mol. The predicted octanol–water partition coefficient (Wildman–Crippen LogP) is 2.69. The summed E-state index contributed by atoms with van der Waals surface area (Å²) < 4.78 is 11.3. The second-order valence-electron chi connectivity index (χ2n) is 10.1. The third-order valence-electron chi connectivity index (χ3n) is 7.96. The Labute approximate surface area is 227 Å². The maximum Gasteiger partial charge on any atom is 0.250 e. The molecule has 0 saturated carbocycles. The van der Waals surface area contributed by atoms with E-state index in [0.29, 0.717) is 52.2 Å². The van der Waals surface area contributed by atoms with Gasteiger partial charge in [0, 0.05) is 28.4 Å². The fraction of sp³-hybridized carbons (Fsp3) is 0.250. The minimum absolute atomic E-state index is 0.202. The molecular formula is C28H22ClN3O7. The van der Waals surface area contributed by atoms with Crippen LogP contribution in [0.1, 0.15) is 11.1 Å². The van der Waals surface area contributed by atoms with Crippen molar-refractivity contribution in [2.75, 3.05) is 23.4 Å². The van der Waals surface area contributed by atoms with Gasteiger partial charge in [-0.3, -0.25) is 19.7 Å². The normalized spacial score (nSPS) is 26.6. The molecule has 0 bridgehead atoms. The fourth-order valence-electron chi connectivity index (χ4n) is 6.32. The summed E-state index contributed by atoms with van der Waals surface area (Å²) in [6, 6.07) is 13.5. The van der Waals surface area contributed by atoms with Gasteiger partial charge in [0.25, 0.3) is 0 Å². The Hall–Kier alpha value is -4.28. The molecule has 4 aliphatic rings. The van der Waals surface area contributed by atoms with Crippen LogP contribution in [0.15, 0.2) is 54.6 Å². The highest BCUT2D eigenvalue weighted by Crippen LogP contribution is 2.54. The third kappa shape index (κ3) is 3.34. The summed E-state index contributed by atoms with van der Waals surface area (Å²) in [5, 5.41) is 26.4. The average Bonchev–Trinajstić information content (AvgIpc) is 3.50. The summed E-state index contributed by atoms with van der Waals surface area (Å²) in [6.07, 6.45) is 0.202. The third-order valence-corrected chi connectivity index (χ3v) is 8.19. The van der Waals surface area contributed by atoms with Crippen LogP contribution in [-0.4, -0.2) is 47.2 Å². The molecule has 2 fully saturated rings. The van der Waals surface area contributed by atoms with E-state index in [1.54, 1.807) is 42.5 Å². The SMILES string of the molecule is O=C1[C@@H]2C(Cc3ccc(O)c(O)c3)NC3(C(=O)Nc4ccc(Cl)cc43)[C@@H]2C(=O)N1c1ccc2c(c1)OCCO2. The number of aromatic hydroxyl groups is 2. The number of carbonyl (C=O) groups excluding carboxylic acids is 3. The summed E-state index contributed by atoms with van der Waals surface area (Å²) in [5.41, 5.74) is 0.405. The largest absolute Gasteiger partial charge is 0.504 e. The highest BCUT2D eigenvalue weighted by atomic mass is 35.5. The topological polar surface area (TPSA) is 137 Å². The van der Waals surface area contributed by atoms with Crippen LogP contribution >= 0.6 is 11.6 Å². The summed E-state index contributed by atoms with van der Waals surface area (Å²) >= 11 is 6.32. The summed E-state index contributed by atoms with van der Waals surface area (Å²) in [7, 11) is 0. The number of rotatable bonds is 3. The molecule has 2 unspecified atom stereocenters. The second-order valence-corrected chi connectivity index (χ2v) is 10.5. The zero-order valence-corrected chi connectivity index (χ0v) is 21.1. The molecule has 4 N–H and O–H groups in total. The Morgan fingerprint density at radius 3 is 2.51 bits per heavy atom. The molecule has 1 spiro atoms. The van der Waals surface area contributed by atoms with E-state index in [1.807, 2.05) is 0 Å². The molecule has 198 valence electrons. The molecule has 11 heteroatoms. The number of benzene rings is 3. The first-order valence-electron chi connectivity index (χ1n) is 12.5. The molecule has 2 saturated heterocycles. The minimum atomic E-state index is -1.54.